The number of piperidine rings is 2. The van der Waals surface area contributed by atoms with Crippen LogP contribution in [0.1, 0.15) is 57.8 Å². The van der Waals surface area contributed by atoms with E-state index in [1.165, 1.54) is 25.9 Å². The van der Waals surface area contributed by atoms with Gasteiger partial charge in [-0.05, 0) is 38.5 Å². The molecule has 0 spiro atoms. The van der Waals surface area contributed by atoms with Crippen molar-refractivity contribution in [1.29, 1.82) is 0 Å². The van der Waals surface area contributed by atoms with E-state index in [1.807, 2.05) is 0 Å². The summed E-state index contributed by atoms with van der Waals surface area (Å²) < 4.78 is 13.0. The first kappa shape index (κ1) is 31.3. The summed E-state index contributed by atoms with van der Waals surface area (Å²) in [5, 5.41) is 0. The highest BCUT2D eigenvalue weighted by Gasteiger charge is 2.29. The van der Waals surface area contributed by atoms with Crippen molar-refractivity contribution in [2.24, 2.45) is 11.8 Å². The van der Waals surface area contributed by atoms with E-state index in [4.69, 9.17) is 9.47 Å². The van der Waals surface area contributed by atoms with E-state index in [0.717, 1.165) is 54.2 Å². The van der Waals surface area contributed by atoms with Gasteiger partial charge >= 0.3 is 11.9 Å². The molecule has 0 saturated carbocycles. The number of nitrogens with zero attached hydrogens (tertiary/aromatic N) is 2. The minimum Gasteiger partial charge on any atom is -1.00 e. The molecular weight excluding hydrogens is 622 g/mol. The molecule has 184 valence electrons. The highest BCUT2D eigenvalue weighted by atomic mass is 127. The highest BCUT2D eigenvalue weighted by molar-refractivity contribution is 5.69. The van der Waals surface area contributed by atoms with Gasteiger partial charge in [-0.3, -0.25) is 9.59 Å². The van der Waals surface area contributed by atoms with E-state index in [9.17, 15) is 9.59 Å². The zero-order valence-corrected chi connectivity index (χ0v) is 24.4. The van der Waals surface area contributed by atoms with Crippen molar-refractivity contribution in [2.75, 3.05) is 67.6 Å². The van der Waals surface area contributed by atoms with Gasteiger partial charge in [0.25, 0.3) is 0 Å². The van der Waals surface area contributed by atoms with Crippen LogP contribution in [0, 0.1) is 11.8 Å². The van der Waals surface area contributed by atoms with Crippen LogP contribution in [0.2, 0.25) is 0 Å². The minimum absolute atomic E-state index is 0. The molecule has 2 heterocycles. The number of rotatable bonds is 10. The lowest BCUT2D eigenvalue weighted by Gasteiger charge is -2.37. The summed E-state index contributed by atoms with van der Waals surface area (Å²) in [4.78, 5) is 23.9. The monoisotopic (exact) mass is 666 g/mol. The molecule has 31 heavy (non-hydrogen) atoms. The summed E-state index contributed by atoms with van der Waals surface area (Å²) in [5.74, 6) is 0.792. The first-order valence-corrected chi connectivity index (χ1v) is 11.6. The Morgan fingerprint density at radius 3 is 1.45 bits per heavy atom. The second-order valence-electron chi connectivity index (χ2n) is 10.6. The maximum atomic E-state index is 12.0. The smallest absolute Gasteiger partial charge is 0.305 e. The molecule has 2 saturated heterocycles. The fourth-order valence-electron chi connectivity index (χ4n) is 4.93. The molecule has 0 aliphatic carbocycles. The molecule has 0 amide bonds. The third-order valence-electron chi connectivity index (χ3n) is 6.48. The standard InChI is InChI=1S/C23H44N2O4.2HI/c1-24(2)14-8-10-20(16-24)18-28-22(26)12-6-5-7-13-23(27)29-19-21-11-9-15-25(3,4)17-21;;/h20-21H,5-19H2,1-4H3;2*1H/q+2;;/p-2. The Bertz CT molecular complexity index is 498. The predicted molar refractivity (Wildman–Crippen MR) is 114 cm³/mol. The average Bonchev–Trinajstić information content (AvgIpc) is 2.63. The van der Waals surface area contributed by atoms with Crippen molar-refractivity contribution in [3.8, 4) is 0 Å². The van der Waals surface area contributed by atoms with Crippen LogP contribution in [0.5, 0.6) is 0 Å². The highest BCUT2D eigenvalue weighted by Crippen LogP contribution is 2.21. The molecule has 0 N–H and O–H groups in total. The number of carbonyl (C=O) groups excluding carboxylic acids is 2. The van der Waals surface area contributed by atoms with Gasteiger partial charge in [-0.25, -0.2) is 0 Å². The zero-order valence-electron chi connectivity index (χ0n) is 20.0. The summed E-state index contributed by atoms with van der Waals surface area (Å²) in [6, 6.07) is 0. The molecule has 6 nitrogen and oxygen atoms in total. The molecule has 0 radical (unpaired) electrons. The van der Waals surface area contributed by atoms with E-state index in [1.54, 1.807) is 0 Å². The lowest BCUT2D eigenvalue weighted by atomic mass is 9.98. The molecule has 0 aromatic carbocycles. The van der Waals surface area contributed by atoms with Crippen LogP contribution in [0.25, 0.3) is 0 Å². The fourth-order valence-corrected chi connectivity index (χ4v) is 4.93. The van der Waals surface area contributed by atoms with Crippen molar-refractivity contribution in [1.82, 2.24) is 0 Å². The van der Waals surface area contributed by atoms with Gasteiger partial charge in [-0.15, -0.1) is 0 Å². The maximum Gasteiger partial charge on any atom is 0.305 e. The third kappa shape index (κ3) is 13.6. The molecule has 0 aromatic rings. The van der Waals surface area contributed by atoms with Crippen molar-refractivity contribution in [3.63, 3.8) is 0 Å². The molecule has 0 aromatic heterocycles. The van der Waals surface area contributed by atoms with E-state index in [2.05, 4.69) is 28.2 Å². The van der Waals surface area contributed by atoms with Crippen LogP contribution in [0.4, 0.5) is 0 Å². The topological polar surface area (TPSA) is 52.6 Å². The lowest BCUT2D eigenvalue weighted by Crippen LogP contribution is -3.00. The van der Waals surface area contributed by atoms with Crippen LogP contribution in [0.3, 0.4) is 0 Å². The van der Waals surface area contributed by atoms with Crippen molar-refractivity contribution >= 4 is 11.9 Å². The van der Waals surface area contributed by atoms with E-state index < -0.39 is 0 Å². The molecule has 2 aliphatic rings. The molecule has 2 rings (SSSR count). The Kier molecular flexibility index (Phi) is 15.4. The van der Waals surface area contributed by atoms with E-state index in [-0.39, 0.29) is 59.9 Å². The number of esters is 2. The van der Waals surface area contributed by atoms with Crippen molar-refractivity contribution in [2.45, 2.75) is 57.8 Å². The summed E-state index contributed by atoms with van der Waals surface area (Å²) in [6.07, 6.45) is 8.09. The summed E-state index contributed by atoms with van der Waals surface area (Å²) in [6.45, 7) is 5.72. The SMILES string of the molecule is C[N+]1(C)CCCC(COC(=O)CCCCCC(=O)OCC2CCC[N+](C)(C)C2)C1.[I-].[I-]. The van der Waals surface area contributed by atoms with E-state index >= 15 is 0 Å². The quantitative estimate of drug-likeness (QED) is 0.108. The second-order valence-corrected chi connectivity index (χ2v) is 10.6. The lowest BCUT2D eigenvalue weighted by molar-refractivity contribution is -0.898. The maximum absolute atomic E-state index is 12.0. The van der Waals surface area contributed by atoms with Crippen LogP contribution < -0.4 is 48.0 Å². The Morgan fingerprint density at radius 2 is 1.10 bits per heavy atom. The summed E-state index contributed by atoms with van der Waals surface area (Å²) in [7, 11) is 8.98. The Balaban J connectivity index is 0.00000450. The number of ether oxygens (including phenoxy) is 2. The molecule has 2 unspecified atom stereocenters. The number of unbranched alkanes of at least 4 members (excludes halogenated alkanes) is 2. The number of quaternary nitrogens is 2. The molecule has 2 fully saturated rings. The first-order chi connectivity index (χ1) is 13.7. The molecule has 0 bridgehead atoms. The summed E-state index contributed by atoms with van der Waals surface area (Å²) in [5.41, 5.74) is 0. The number of likely N-dealkylation sites (tertiary alicyclic amines) is 2. The zero-order chi connectivity index (χ0) is 21.3. The number of hydrogen-bond donors (Lipinski definition) is 0. The third-order valence-corrected chi connectivity index (χ3v) is 6.48. The van der Waals surface area contributed by atoms with Crippen LogP contribution in [-0.4, -0.2) is 88.5 Å². The number of hydrogen-bond acceptors (Lipinski definition) is 4. The van der Waals surface area contributed by atoms with Crippen LogP contribution in [-0.2, 0) is 19.1 Å². The average molecular weight is 666 g/mol. The normalized spacial score (nSPS) is 24.3. The van der Waals surface area contributed by atoms with Crippen LogP contribution in [0.15, 0.2) is 0 Å². The second kappa shape index (κ2) is 15.3. The van der Waals surface area contributed by atoms with Crippen molar-refractivity contribution < 1.29 is 76.0 Å². The molecule has 2 atom stereocenters. The van der Waals surface area contributed by atoms with Gasteiger partial charge in [-0.1, -0.05) is 6.42 Å². The van der Waals surface area contributed by atoms with Crippen LogP contribution >= 0.6 is 0 Å². The summed E-state index contributed by atoms with van der Waals surface area (Å²) >= 11 is 0. The van der Waals surface area contributed by atoms with Gasteiger partial charge in [0.2, 0.25) is 0 Å². The van der Waals surface area contributed by atoms with Gasteiger partial charge in [0, 0.05) is 24.7 Å². The Hall–Kier alpha value is 0.320. The fraction of sp³-hybridized carbons (Fsp3) is 0.913. The Labute approximate surface area is 224 Å². The van der Waals surface area contributed by atoms with E-state index in [0.29, 0.717) is 37.9 Å². The minimum atomic E-state index is -0.0958. The van der Waals surface area contributed by atoms with Gasteiger partial charge in [-0.2, -0.15) is 0 Å². The van der Waals surface area contributed by atoms with Gasteiger partial charge in [0.1, 0.15) is 0 Å². The van der Waals surface area contributed by atoms with Gasteiger partial charge in [0.15, 0.2) is 0 Å². The Morgan fingerprint density at radius 1 is 0.710 bits per heavy atom. The largest absolute Gasteiger partial charge is 1.00 e. The number of halogens is 2. The van der Waals surface area contributed by atoms with Gasteiger partial charge in [0.05, 0.1) is 67.6 Å². The molecular formula is C23H44I2N2O4. The number of carbonyl (C=O) groups is 2. The predicted octanol–water partition coefficient (Wildman–Crippen LogP) is -3.00. The molecule has 2 aliphatic heterocycles. The first-order valence-electron chi connectivity index (χ1n) is 11.6. The van der Waals surface area contributed by atoms with Gasteiger partial charge < -0.3 is 66.4 Å². The van der Waals surface area contributed by atoms with Crippen molar-refractivity contribution in [3.05, 3.63) is 0 Å². The molecule has 8 heteroatoms.